The number of amides is 1. The molecule has 0 aliphatic carbocycles. The quantitative estimate of drug-likeness (QED) is 0.839. The predicted octanol–water partition coefficient (Wildman–Crippen LogP) is 2.38. The van der Waals surface area contributed by atoms with Crippen molar-refractivity contribution in [3.63, 3.8) is 0 Å². The third kappa shape index (κ3) is 3.86. The van der Waals surface area contributed by atoms with Gasteiger partial charge in [0.15, 0.2) is 0 Å². The highest BCUT2D eigenvalue weighted by molar-refractivity contribution is 9.10. The van der Waals surface area contributed by atoms with Gasteiger partial charge in [-0.15, -0.1) is 0 Å². The molecule has 1 aliphatic rings. The fraction of sp³-hybridized carbons (Fsp3) is 0.500. The van der Waals surface area contributed by atoms with E-state index in [1.165, 1.54) is 5.69 Å². The van der Waals surface area contributed by atoms with Crippen LogP contribution in [0, 0.1) is 5.92 Å². The van der Waals surface area contributed by atoms with E-state index in [0.29, 0.717) is 5.92 Å². The van der Waals surface area contributed by atoms with Crippen LogP contribution in [0.5, 0.6) is 0 Å². The number of hydrogen-bond acceptors (Lipinski definition) is 3. The van der Waals surface area contributed by atoms with E-state index in [9.17, 15) is 4.79 Å². The summed E-state index contributed by atoms with van der Waals surface area (Å²) in [6, 6.07) is 5.94. The molecule has 1 aliphatic heterocycles. The van der Waals surface area contributed by atoms with Crippen molar-refractivity contribution in [1.82, 2.24) is 5.32 Å². The zero-order valence-corrected chi connectivity index (χ0v) is 12.7. The van der Waals surface area contributed by atoms with E-state index in [1.54, 1.807) is 6.92 Å². The number of piperidine rings is 1. The van der Waals surface area contributed by atoms with Gasteiger partial charge in [-0.05, 0) is 52.9 Å². The molecule has 0 unspecified atom stereocenters. The maximum atomic E-state index is 10.9. The molecule has 1 heterocycles. The van der Waals surface area contributed by atoms with Crippen molar-refractivity contribution < 1.29 is 4.79 Å². The molecule has 4 nitrogen and oxygen atoms in total. The Balaban J connectivity index is 1.90. The smallest absolute Gasteiger partial charge is 0.216 e. The normalized spacial score (nSPS) is 16.4. The third-order valence-corrected chi connectivity index (χ3v) is 4.20. The minimum atomic E-state index is 0.0590. The van der Waals surface area contributed by atoms with Gasteiger partial charge in [0.05, 0.1) is 5.69 Å². The Kier molecular flexibility index (Phi) is 4.69. The van der Waals surface area contributed by atoms with E-state index < -0.39 is 0 Å². The molecule has 5 heteroatoms. The highest BCUT2D eigenvalue weighted by Crippen LogP contribution is 2.31. The third-order valence-electron chi connectivity index (χ3n) is 3.57. The van der Waals surface area contributed by atoms with Crippen molar-refractivity contribution in [1.29, 1.82) is 0 Å². The first-order chi connectivity index (χ1) is 9.06. The molecular weight excluding hydrogens is 306 g/mol. The van der Waals surface area contributed by atoms with Crippen molar-refractivity contribution in [3.05, 3.63) is 22.7 Å². The van der Waals surface area contributed by atoms with Gasteiger partial charge in [-0.2, -0.15) is 0 Å². The van der Waals surface area contributed by atoms with Crippen LogP contribution in [0.25, 0.3) is 0 Å². The molecule has 2 rings (SSSR count). The summed E-state index contributed by atoms with van der Waals surface area (Å²) in [5, 5.41) is 2.91. The van der Waals surface area contributed by atoms with E-state index in [-0.39, 0.29) is 5.91 Å². The van der Waals surface area contributed by atoms with Crippen molar-refractivity contribution >= 4 is 33.2 Å². The van der Waals surface area contributed by atoms with Gasteiger partial charge in [0.2, 0.25) is 5.91 Å². The molecule has 1 amide bonds. The van der Waals surface area contributed by atoms with Gasteiger partial charge in [0.25, 0.3) is 0 Å². The maximum Gasteiger partial charge on any atom is 0.216 e. The first-order valence-electron chi connectivity index (χ1n) is 6.60. The number of nitrogens with two attached hydrogens (primary N) is 1. The summed E-state index contributed by atoms with van der Waals surface area (Å²) in [7, 11) is 0. The summed E-state index contributed by atoms with van der Waals surface area (Å²) >= 11 is 3.57. The number of carbonyl (C=O) groups is 1. The standard InChI is InChI=1S/C14H20BrN3O/c1-10(19)17-9-11-4-6-18(7-5-11)14-3-2-12(16)8-13(14)15/h2-3,8,11H,4-7,9,16H2,1H3,(H,17,19). The van der Waals surface area contributed by atoms with Crippen molar-refractivity contribution in [3.8, 4) is 0 Å². The van der Waals surface area contributed by atoms with E-state index in [1.807, 2.05) is 12.1 Å². The van der Waals surface area contributed by atoms with Gasteiger partial charge >= 0.3 is 0 Å². The molecule has 0 saturated carbocycles. The molecule has 1 aromatic rings. The number of nitrogens with zero attached hydrogens (tertiary/aromatic N) is 1. The molecule has 3 N–H and O–H groups in total. The van der Waals surface area contributed by atoms with Gasteiger partial charge in [-0.3, -0.25) is 4.79 Å². The zero-order chi connectivity index (χ0) is 13.8. The lowest BCUT2D eigenvalue weighted by Gasteiger charge is -2.34. The van der Waals surface area contributed by atoms with Gasteiger partial charge in [-0.25, -0.2) is 0 Å². The molecular formula is C14H20BrN3O. The van der Waals surface area contributed by atoms with Crippen LogP contribution in [-0.2, 0) is 4.79 Å². The summed E-state index contributed by atoms with van der Waals surface area (Å²) < 4.78 is 1.05. The largest absolute Gasteiger partial charge is 0.399 e. The summed E-state index contributed by atoms with van der Waals surface area (Å²) in [6.45, 7) is 4.41. The summed E-state index contributed by atoms with van der Waals surface area (Å²) in [5.41, 5.74) is 7.73. The lowest BCUT2D eigenvalue weighted by molar-refractivity contribution is -0.119. The van der Waals surface area contributed by atoms with Crippen LogP contribution in [0.3, 0.4) is 0 Å². The lowest BCUT2D eigenvalue weighted by atomic mass is 9.96. The molecule has 0 bridgehead atoms. The average molecular weight is 326 g/mol. The summed E-state index contributed by atoms with van der Waals surface area (Å²) in [5.74, 6) is 0.649. The van der Waals surface area contributed by atoms with Crippen LogP contribution < -0.4 is 16.0 Å². The second-order valence-corrected chi connectivity index (χ2v) is 5.93. The van der Waals surface area contributed by atoms with Crippen LogP contribution in [0.2, 0.25) is 0 Å². The molecule has 1 fully saturated rings. The predicted molar refractivity (Wildman–Crippen MR) is 82.2 cm³/mol. The fourth-order valence-electron chi connectivity index (χ4n) is 2.45. The Morgan fingerprint density at radius 3 is 2.74 bits per heavy atom. The second-order valence-electron chi connectivity index (χ2n) is 5.08. The van der Waals surface area contributed by atoms with Gasteiger partial charge in [0.1, 0.15) is 0 Å². The van der Waals surface area contributed by atoms with Crippen LogP contribution >= 0.6 is 15.9 Å². The molecule has 1 aromatic carbocycles. The number of rotatable bonds is 3. The topological polar surface area (TPSA) is 58.4 Å². The van der Waals surface area contributed by atoms with Crippen LogP contribution in [0.15, 0.2) is 22.7 Å². The number of benzene rings is 1. The Bertz CT molecular complexity index is 456. The number of anilines is 2. The number of nitrogens with one attached hydrogen (secondary N) is 1. The molecule has 104 valence electrons. The maximum absolute atomic E-state index is 10.9. The highest BCUT2D eigenvalue weighted by Gasteiger charge is 2.20. The minimum Gasteiger partial charge on any atom is -0.399 e. The first kappa shape index (κ1) is 14.2. The summed E-state index contributed by atoms with van der Waals surface area (Å²) in [6.07, 6.45) is 2.22. The van der Waals surface area contributed by atoms with E-state index in [4.69, 9.17) is 5.73 Å². The second kappa shape index (κ2) is 6.28. The van der Waals surface area contributed by atoms with Crippen molar-refractivity contribution in [2.45, 2.75) is 19.8 Å². The SMILES string of the molecule is CC(=O)NCC1CCN(c2ccc(N)cc2Br)CC1. The number of hydrogen-bond donors (Lipinski definition) is 2. The molecule has 0 radical (unpaired) electrons. The Hall–Kier alpha value is -1.23. The van der Waals surface area contributed by atoms with Crippen molar-refractivity contribution in [2.24, 2.45) is 5.92 Å². The van der Waals surface area contributed by atoms with Crippen LogP contribution in [-0.4, -0.2) is 25.5 Å². The minimum absolute atomic E-state index is 0.0590. The Morgan fingerprint density at radius 1 is 1.47 bits per heavy atom. The first-order valence-corrected chi connectivity index (χ1v) is 7.40. The lowest BCUT2D eigenvalue weighted by Crippen LogP contribution is -2.38. The van der Waals surface area contributed by atoms with Crippen molar-refractivity contribution in [2.75, 3.05) is 30.3 Å². The van der Waals surface area contributed by atoms with Gasteiger partial charge in [0, 0.05) is 36.7 Å². The van der Waals surface area contributed by atoms with Crippen LogP contribution in [0.1, 0.15) is 19.8 Å². The number of carbonyl (C=O) groups excluding carboxylic acids is 1. The molecule has 0 aromatic heterocycles. The van der Waals surface area contributed by atoms with E-state index >= 15 is 0 Å². The molecule has 1 saturated heterocycles. The molecule has 0 atom stereocenters. The average Bonchev–Trinajstić information content (AvgIpc) is 2.37. The fourth-order valence-corrected chi connectivity index (χ4v) is 3.09. The van der Waals surface area contributed by atoms with Crippen LogP contribution in [0.4, 0.5) is 11.4 Å². The Morgan fingerprint density at radius 2 is 2.16 bits per heavy atom. The molecule has 0 spiro atoms. The number of nitrogen functional groups attached to an aromatic ring is 1. The molecule has 19 heavy (non-hydrogen) atoms. The zero-order valence-electron chi connectivity index (χ0n) is 11.2. The highest BCUT2D eigenvalue weighted by atomic mass is 79.9. The summed E-state index contributed by atoms with van der Waals surface area (Å²) in [4.78, 5) is 13.3. The monoisotopic (exact) mass is 325 g/mol. The van der Waals surface area contributed by atoms with E-state index in [2.05, 4.69) is 32.2 Å². The van der Waals surface area contributed by atoms with Gasteiger partial charge < -0.3 is 16.0 Å². The van der Waals surface area contributed by atoms with Gasteiger partial charge in [-0.1, -0.05) is 0 Å². The van der Waals surface area contributed by atoms with E-state index in [0.717, 1.165) is 42.6 Å². The Labute approximate surface area is 122 Å². The number of halogens is 1.